The lowest BCUT2D eigenvalue weighted by Gasteiger charge is -2.48. The number of nitrogens with zero attached hydrogens (tertiary/aromatic N) is 2. The molecule has 1 saturated heterocycles. The van der Waals surface area contributed by atoms with Crippen molar-refractivity contribution in [2.75, 3.05) is 13.1 Å². The van der Waals surface area contributed by atoms with Crippen LogP contribution in [-0.2, 0) is 38.8 Å². The zero-order valence-electron chi connectivity index (χ0n) is 25.4. The Morgan fingerprint density at radius 3 is 1.50 bits per heavy atom. The average molecular weight is 617 g/mol. The molecule has 0 unspecified atom stereocenters. The Labute approximate surface area is 268 Å². The fraction of sp³-hybridized carbons (Fsp3) is 0.237. The van der Waals surface area contributed by atoms with Crippen molar-refractivity contribution < 1.29 is 28.6 Å². The van der Waals surface area contributed by atoms with Crippen molar-refractivity contribution in [1.29, 1.82) is 0 Å². The van der Waals surface area contributed by atoms with Gasteiger partial charge in [-0.25, -0.2) is 0 Å². The lowest BCUT2D eigenvalue weighted by molar-refractivity contribution is -0.208. The molecule has 4 aromatic rings. The summed E-state index contributed by atoms with van der Waals surface area (Å²) in [5, 5.41) is 0. The highest BCUT2D eigenvalue weighted by Crippen LogP contribution is 2.32. The maximum Gasteiger partial charge on any atom is 0.261 e. The molecule has 3 amide bonds. The summed E-state index contributed by atoms with van der Waals surface area (Å²) >= 11 is 0. The Morgan fingerprint density at radius 2 is 1.02 bits per heavy atom. The smallest absolute Gasteiger partial charge is 0.261 e. The van der Waals surface area contributed by atoms with Crippen molar-refractivity contribution in [3.8, 4) is 0 Å². The van der Waals surface area contributed by atoms with Crippen LogP contribution in [0.5, 0.6) is 0 Å². The van der Waals surface area contributed by atoms with E-state index in [1.165, 1.54) is 4.90 Å². The first-order valence-electron chi connectivity index (χ1n) is 15.4. The Kier molecular flexibility index (Phi) is 9.79. The quantitative estimate of drug-likeness (QED) is 0.147. The van der Waals surface area contributed by atoms with Gasteiger partial charge in [0, 0.05) is 6.54 Å². The first kappa shape index (κ1) is 31.1. The van der Waals surface area contributed by atoms with Crippen LogP contribution in [-0.4, -0.2) is 65.0 Å². The molecule has 234 valence electrons. The van der Waals surface area contributed by atoms with Crippen LogP contribution in [0.25, 0.3) is 0 Å². The first-order chi connectivity index (χ1) is 22.5. The SMILES string of the molecule is C=CCN1C(=O)[C@H](OCc2ccccc2)[C@H](OCc2ccccc2)[C@H](OCc2ccccc2)[C@H]1CN1C(=O)c2ccccc2C1=O. The van der Waals surface area contributed by atoms with Gasteiger partial charge in [-0.2, -0.15) is 0 Å². The Morgan fingerprint density at radius 1 is 0.587 bits per heavy atom. The van der Waals surface area contributed by atoms with E-state index in [0.29, 0.717) is 11.1 Å². The van der Waals surface area contributed by atoms with Gasteiger partial charge in [0.25, 0.3) is 17.7 Å². The summed E-state index contributed by atoms with van der Waals surface area (Å²) in [6, 6.07) is 35.0. The number of ether oxygens (including phenoxy) is 3. The number of carbonyl (C=O) groups excluding carboxylic acids is 3. The second-order valence-corrected chi connectivity index (χ2v) is 11.4. The van der Waals surface area contributed by atoms with Gasteiger partial charge in [0.05, 0.1) is 43.5 Å². The molecular formula is C38H36N2O6. The van der Waals surface area contributed by atoms with E-state index in [2.05, 4.69) is 6.58 Å². The number of hydrogen-bond donors (Lipinski definition) is 0. The second-order valence-electron chi connectivity index (χ2n) is 11.4. The third kappa shape index (κ3) is 6.70. The van der Waals surface area contributed by atoms with Gasteiger partial charge in [-0.3, -0.25) is 19.3 Å². The molecule has 0 saturated carbocycles. The summed E-state index contributed by atoms with van der Waals surface area (Å²) in [5.41, 5.74) is 3.43. The number of amides is 3. The van der Waals surface area contributed by atoms with E-state index in [1.807, 2.05) is 91.0 Å². The topological polar surface area (TPSA) is 85.4 Å². The molecule has 2 aliphatic rings. The zero-order chi connectivity index (χ0) is 31.9. The fourth-order valence-corrected chi connectivity index (χ4v) is 6.04. The van der Waals surface area contributed by atoms with Gasteiger partial charge in [-0.15, -0.1) is 6.58 Å². The predicted octanol–water partition coefficient (Wildman–Crippen LogP) is 5.44. The second kappa shape index (κ2) is 14.5. The molecule has 46 heavy (non-hydrogen) atoms. The van der Waals surface area contributed by atoms with Crippen LogP contribution in [0, 0.1) is 0 Å². The summed E-state index contributed by atoms with van der Waals surface area (Å²) in [5.74, 6) is -1.13. The zero-order valence-corrected chi connectivity index (χ0v) is 25.4. The van der Waals surface area contributed by atoms with Crippen LogP contribution in [0.1, 0.15) is 37.4 Å². The number of imide groups is 1. The van der Waals surface area contributed by atoms with Crippen molar-refractivity contribution in [1.82, 2.24) is 9.80 Å². The molecule has 8 heteroatoms. The number of piperidine rings is 1. The molecule has 2 aliphatic heterocycles. The summed E-state index contributed by atoms with van der Waals surface area (Å²) in [6.45, 7) is 4.58. The molecule has 0 N–H and O–H groups in total. The molecule has 2 heterocycles. The van der Waals surface area contributed by atoms with Gasteiger partial charge in [0.2, 0.25) is 0 Å². The van der Waals surface area contributed by atoms with Gasteiger partial charge in [0.15, 0.2) is 6.10 Å². The normalized spacial score (nSPS) is 21.0. The summed E-state index contributed by atoms with van der Waals surface area (Å²) in [7, 11) is 0. The summed E-state index contributed by atoms with van der Waals surface area (Å²) < 4.78 is 19.6. The van der Waals surface area contributed by atoms with Crippen LogP contribution in [0.4, 0.5) is 0 Å². The maximum absolute atomic E-state index is 14.4. The van der Waals surface area contributed by atoms with Crippen molar-refractivity contribution in [2.24, 2.45) is 0 Å². The molecule has 0 aliphatic carbocycles. The summed E-state index contributed by atoms with van der Waals surface area (Å²) in [6.07, 6.45) is -1.03. The third-order valence-corrected chi connectivity index (χ3v) is 8.34. The highest BCUT2D eigenvalue weighted by atomic mass is 16.6. The highest BCUT2D eigenvalue weighted by molar-refractivity contribution is 6.21. The maximum atomic E-state index is 14.4. The molecule has 6 rings (SSSR count). The van der Waals surface area contributed by atoms with Gasteiger partial charge in [-0.1, -0.05) is 109 Å². The number of hydrogen-bond acceptors (Lipinski definition) is 6. The standard InChI is InChI=1S/C38H36N2O6/c1-2-22-39-32(23-40-36(41)30-20-12-13-21-31(30)37(40)42)33(44-24-27-14-6-3-7-15-27)34(45-25-28-16-8-4-9-17-28)35(38(39)43)46-26-29-18-10-5-11-19-29/h2-21,32-35H,1,22-26H2/t32-,33-,34-,35-/m1/s1. The molecule has 0 spiro atoms. The van der Waals surface area contributed by atoms with Crippen molar-refractivity contribution in [2.45, 2.75) is 44.2 Å². The minimum Gasteiger partial charge on any atom is -0.368 e. The van der Waals surface area contributed by atoms with Crippen LogP contribution in [0.2, 0.25) is 0 Å². The van der Waals surface area contributed by atoms with Gasteiger partial charge < -0.3 is 19.1 Å². The fourth-order valence-electron chi connectivity index (χ4n) is 6.04. The van der Waals surface area contributed by atoms with E-state index in [0.717, 1.165) is 16.7 Å². The van der Waals surface area contributed by atoms with Crippen molar-refractivity contribution in [3.63, 3.8) is 0 Å². The number of benzene rings is 4. The van der Waals surface area contributed by atoms with Gasteiger partial charge >= 0.3 is 0 Å². The predicted molar refractivity (Wildman–Crippen MR) is 173 cm³/mol. The van der Waals surface area contributed by atoms with Crippen molar-refractivity contribution in [3.05, 3.63) is 156 Å². The van der Waals surface area contributed by atoms with E-state index in [9.17, 15) is 14.4 Å². The number of fused-ring (bicyclic) bond motifs is 1. The number of rotatable bonds is 13. The van der Waals surface area contributed by atoms with Crippen LogP contribution in [0.15, 0.2) is 128 Å². The lowest BCUT2D eigenvalue weighted by atomic mass is 9.91. The first-order valence-corrected chi connectivity index (χ1v) is 15.4. The average Bonchev–Trinajstić information content (AvgIpc) is 3.34. The van der Waals surface area contributed by atoms with Crippen LogP contribution in [0.3, 0.4) is 0 Å². The Hall–Kier alpha value is -4.89. The largest absolute Gasteiger partial charge is 0.368 e. The number of likely N-dealkylation sites (tertiary alicyclic amines) is 1. The van der Waals surface area contributed by atoms with Crippen LogP contribution >= 0.6 is 0 Å². The molecule has 4 aromatic carbocycles. The van der Waals surface area contributed by atoms with Crippen molar-refractivity contribution >= 4 is 17.7 Å². The molecule has 0 bridgehead atoms. The molecule has 8 nitrogen and oxygen atoms in total. The molecule has 1 fully saturated rings. The third-order valence-electron chi connectivity index (χ3n) is 8.34. The van der Waals surface area contributed by atoms with Gasteiger partial charge in [-0.05, 0) is 28.8 Å². The van der Waals surface area contributed by atoms with E-state index >= 15 is 0 Å². The van der Waals surface area contributed by atoms with Gasteiger partial charge in [0.1, 0.15) is 12.2 Å². The molecule has 0 radical (unpaired) electrons. The molecule has 4 atom stereocenters. The Balaban J connectivity index is 1.37. The number of carbonyl (C=O) groups is 3. The minimum atomic E-state index is -1.02. The van der Waals surface area contributed by atoms with E-state index < -0.39 is 36.2 Å². The van der Waals surface area contributed by atoms with E-state index in [-0.39, 0.29) is 38.8 Å². The summed E-state index contributed by atoms with van der Waals surface area (Å²) in [4.78, 5) is 44.2. The highest BCUT2D eigenvalue weighted by Gasteiger charge is 2.52. The molecule has 0 aromatic heterocycles. The molecular weight excluding hydrogens is 580 g/mol. The Bertz CT molecular complexity index is 1630. The minimum absolute atomic E-state index is 0.0814. The lowest BCUT2D eigenvalue weighted by Crippen LogP contribution is -2.68. The van der Waals surface area contributed by atoms with E-state index in [4.69, 9.17) is 14.2 Å². The van der Waals surface area contributed by atoms with E-state index in [1.54, 1.807) is 35.2 Å². The van der Waals surface area contributed by atoms with Crippen LogP contribution < -0.4 is 0 Å². The monoisotopic (exact) mass is 616 g/mol.